The van der Waals surface area contributed by atoms with Crippen molar-refractivity contribution in [2.45, 2.75) is 25.7 Å². The van der Waals surface area contributed by atoms with Gasteiger partial charge in [0, 0.05) is 44.4 Å². The first-order chi connectivity index (χ1) is 13.2. The first kappa shape index (κ1) is 20.4. The molecular formula is C19H24N4O4S. The monoisotopic (exact) mass is 404 g/mol. The molecule has 1 aromatic heterocycles. The van der Waals surface area contributed by atoms with Crippen molar-refractivity contribution in [3.05, 3.63) is 47.4 Å². The normalized spacial score (nSPS) is 18.4. The highest BCUT2D eigenvalue weighted by Crippen LogP contribution is 2.30. The van der Waals surface area contributed by atoms with E-state index in [0.29, 0.717) is 24.6 Å². The first-order valence-electron chi connectivity index (χ1n) is 9.05. The molecule has 1 aliphatic rings. The van der Waals surface area contributed by atoms with Gasteiger partial charge in [-0.2, -0.15) is 17.0 Å². The smallest absolute Gasteiger partial charge is 0.335 e. The second kappa shape index (κ2) is 7.94. The molecule has 0 radical (unpaired) electrons. The van der Waals surface area contributed by atoms with Crippen molar-refractivity contribution >= 4 is 16.2 Å². The van der Waals surface area contributed by atoms with Crippen LogP contribution in [0.3, 0.4) is 0 Å². The van der Waals surface area contributed by atoms with Gasteiger partial charge in [-0.3, -0.25) is 0 Å². The minimum Gasteiger partial charge on any atom is -0.478 e. The van der Waals surface area contributed by atoms with Gasteiger partial charge in [0.1, 0.15) is 5.82 Å². The van der Waals surface area contributed by atoms with Gasteiger partial charge < -0.3 is 5.11 Å². The van der Waals surface area contributed by atoms with Crippen LogP contribution in [-0.2, 0) is 10.2 Å². The van der Waals surface area contributed by atoms with Gasteiger partial charge in [-0.15, -0.1) is 0 Å². The van der Waals surface area contributed by atoms with Crippen molar-refractivity contribution < 1.29 is 18.3 Å². The van der Waals surface area contributed by atoms with Crippen LogP contribution >= 0.6 is 0 Å². The largest absolute Gasteiger partial charge is 0.478 e. The van der Waals surface area contributed by atoms with E-state index < -0.39 is 16.2 Å². The molecule has 0 amide bonds. The van der Waals surface area contributed by atoms with Crippen molar-refractivity contribution in [3.8, 4) is 11.3 Å². The maximum absolute atomic E-state index is 12.5. The molecule has 28 heavy (non-hydrogen) atoms. The molecule has 1 saturated heterocycles. The molecule has 2 aromatic rings. The van der Waals surface area contributed by atoms with E-state index in [1.807, 2.05) is 6.07 Å². The Morgan fingerprint density at radius 1 is 1.21 bits per heavy atom. The Balaban J connectivity index is 1.90. The van der Waals surface area contributed by atoms with Crippen molar-refractivity contribution in [2.75, 3.05) is 27.2 Å². The zero-order valence-electron chi connectivity index (χ0n) is 16.2. The van der Waals surface area contributed by atoms with Crippen LogP contribution < -0.4 is 0 Å². The average Bonchev–Trinajstić information content (AvgIpc) is 2.67. The predicted octanol–water partition coefficient (Wildman–Crippen LogP) is 2.14. The molecule has 1 aliphatic heterocycles. The summed E-state index contributed by atoms with van der Waals surface area (Å²) >= 11 is 0. The number of aryl methyl sites for hydroxylation is 1. The van der Waals surface area contributed by atoms with Gasteiger partial charge in [0.05, 0.1) is 11.3 Å². The van der Waals surface area contributed by atoms with E-state index in [1.165, 1.54) is 22.7 Å². The molecule has 150 valence electrons. The Morgan fingerprint density at radius 3 is 2.50 bits per heavy atom. The highest BCUT2D eigenvalue weighted by Gasteiger charge is 2.31. The molecule has 1 aromatic carbocycles. The van der Waals surface area contributed by atoms with Crippen LogP contribution in [0.1, 0.15) is 40.6 Å². The average molecular weight is 404 g/mol. The Kier molecular flexibility index (Phi) is 5.78. The number of aromatic nitrogens is 2. The van der Waals surface area contributed by atoms with Gasteiger partial charge in [0.2, 0.25) is 0 Å². The van der Waals surface area contributed by atoms with Gasteiger partial charge in [-0.25, -0.2) is 14.8 Å². The molecule has 9 heteroatoms. The summed E-state index contributed by atoms with van der Waals surface area (Å²) in [5.41, 5.74) is 2.52. The molecule has 0 aliphatic carbocycles. The maximum Gasteiger partial charge on any atom is 0.335 e. The fraction of sp³-hybridized carbons (Fsp3) is 0.421. The third-order valence-electron chi connectivity index (χ3n) is 4.88. The summed E-state index contributed by atoms with van der Waals surface area (Å²) in [6.07, 6.45) is 1.62. The highest BCUT2D eigenvalue weighted by atomic mass is 32.2. The van der Waals surface area contributed by atoms with E-state index in [9.17, 15) is 13.2 Å². The molecular weight excluding hydrogens is 380 g/mol. The van der Waals surface area contributed by atoms with E-state index in [4.69, 9.17) is 5.11 Å². The lowest BCUT2D eigenvalue weighted by molar-refractivity contribution is 0.0697. The van der Waals surface area contributed by atoms with Gasteiger partial charge in [0.25, 0.3) is 10.2 Å². The predicted molar refractivity (Wildman–Crippen MR) is 105 cm³/mol. The van der Waals surface area contributed by atoms with E-state index >= 15 is 0 Å². The number of carboxylic acid groups (broad SMARTS) is 1. The number of aromatic carboxylic acids is 1. The SMILES string of the molecule is Cc1nc(-c2ccc(C(=O)O)cc2)cc(C2CCCN(S(=O)(=O)N(C)C)C2)n1. The summed E-state index contributed by atoms with van der Waals surface area (Å²) < 4.78 is 27.7. The number of carboxylic acids is 1. The quantitative estimate of drug-likeness (QED) is 0.819. The molecule has 1 atom stereocenters. The summed E-state index contributed by atoms with van der Waals surface area (Å²) in [5.74, 6) is -0.389. The zero-order valence-corrected chi connectivity index (χ0v) is 17.0. The van der Waals surface area contributed by atoms with Gasteiger partial charge in [-0.1, -0.05) is 12.1 Å². The third kappa shape index (κ3) is 4.21. The summed E-state index contributed by atoms with van der Waals surface area (Å²) in [7, 11) is -0.390. The van der Waals surface area contributed by atoms with Crippen molar-refractivity contribution in [3.63, 3.8) is 0 Å². The molecule has 2 heterocycles. The molecule has 0 bridgehead atoms. The van der Waals surface area contributed by atoms with Gasteiger partial charge in [0.15, 0.2) is 0 Å². The topological polar surface area (TPSA) is 104 Å². The van der Waals surface area contributed by atoms with Crippen LogP contribution in [0.15, 0.2) is 30.3 Å². The standard InChI is InChI=1S/C19H24N4O4S/c1-13-20-17(14-6-8-15(9-7-14)19(24)25)11-18(21-13)16-5-4-10-23(12-16)28(26,27)22(2)3/h6-9,11,16H,4-5,10,12H2,1-3H3,(H,24,25). The number of nitrogens with zero attached hydrogens (tertiary/aromatic N) is 4. The van der Waals surface area contributed by atoms with Crippen LogP contribution in [0.4, 0.5) is 0 Å². The fourth-order valence-corrected chi connectivity index (χ4v) is 4.55. The van der Waals surface area contributed by atoms with Crippen molar-refractivity contribution in [2.24, 2.45) is 0 Å². The van der Waals surface area contributed by atoms with Crippen LogP contribution in [0, 0.1) is 6.92 Å². The first-order valence-corrected chi connectivity index (χ1v) is 10.4. The second-order valence-electron chi connectivity index (χ2n) is 7.10. The van der Waals surface area contributed by atoms with Crippen molar-refractivity contribution in [1.29, 1.82) is 0 Å². The number of rotatable bonds is 5. The molecule has 8 nitrogen and oxygen atoms in total. The molecule has 0 spiro atoms. The Hall–Kier alpha value is -2.36. The van der Waals surface area contributed by atoms with Gasteiger partial charge >= 0.3 is 5.97 Å². The summed E-state index contributed by atoms with van der Waals surface area (Å²) in [6, 6.07) is 8.40. The fourth-order valence-electron chi connectivity index (χ4n) is 3.36. The number of benzene rings is 1. The molecule has 1 N–H and O–H groups in total. The lowest BCUT2D eigenvalue weighted by Gasteiger charge is -2.33. The van der Waals surface area contributed by atoms with Crippen LogP contribution in [0.2, 0.25) is 0 Å². The summed E-state index contributed by atoms with van der Waals surface area (Å²) in [6.45, 7) is 2.69. The number of piperidine rings is 1. The minimum absolute atomic E-state index is 0.0118. The minimum atomic E-state index is -3.46. The van der Waals surface area contributed by atoms with Crippen LogP contribution in [0.5, 0.6) is 0 Å². The lowest BCUT2D eigenvalue weighted by atomic mass is 9.94. The van der Waals surface area contributed by atoms with E-state index in [2.05, 4.69) is 9.97 Å². The Labute approximate surface area is 165 Å². The summed E-state index contributed by atoms with van der Waals surface area (Å²) in [4.78, 5) is 20.1. The van der Waals surface area contributed by atoms with Gasteiger partial charge in [-0.05, 0) is 38.0 Å². The van der Waals surface area contributed by atoms with Crippen molar-refractivity contribution in [1.82, 2.24) is 18.6 Å². The van der Waals surface area contributed by atoms with E-state index in [0.717, 1.165) is 24.1 Å². The van der Waals surface area contributed by atoms with Crippen LogP contribution in [0.25, 0.3) is 11.3 Å². The molecule has 1 fully saturated rings. The number of hydrogen-bond acceptors (Lipinski definition) is 5. The lowest BCUT2D eigenvalue weighted by Crippen LogP contribution is -2.45. The van der Waals surface area contributed by atoms with E-state index in [-0.39, 0.29) is 11.5 Å². The Morgan fingerprint density at radius 2 is 1.89 bits per heavy atom. The maximum atomic E-state index is 12.5. The third-order valence-corrected chi connectivity index (χ3v) is 6.78. The highest BCUT2D eigenvalue weighted by molar-refractivity contribution is 7.86. The summed E-state index contributed by atoms with van der Waals surface area (Å²) in [5, 5.41) is 9.05. The number of carbonyl (C=O) groups is 1. The zero-order chi connectivity index (χ0) is 20.5. The molecule has 1 unspecified atom stereocenters. The molecule has 0 saturated carbocycles. The molecule has 3 rings (SSSR count). The van der Waals surface area contributed by atoms with E-state index in [1.54, 1.807) is 31.2 Å². The Bertz CT molecular complexity index is 974. The second-order valence-corrected chi connectivity index (χ2v) is 9.24. The van der Waals surface area contributed by atoms with Crippen LogP contribution in [-0.4, -0.2) is 65.3 Å². The number of hydrogen-bond donors (Lipinski definition) is 1.